The molecule has 106 valence electrons. The molecule has 2 rings (SSSR count). The fourth-order valence-electron chi connectivity index (χ4n) is 2.74. The predicted molar refractivity (Wildman–Crippen MR) is 79.4 cm³/mol. The standard InChI is InChI=1S/C16H26N2O/c1-13-3-4-16(19)15(11-13)12-17-8-5-14-6-9-18(2)10-7-14/h3-4,11,14,17,19H,5-10,12H2,1-2H3. The minimum Gasteiger partial charge on any atom is -0.508 e. The molecular weight excluding hydrogens is 236 g/mol. The zero-order valence-corrected chi connectivity index (χ0v) is 12.2. The average Bonchev–Trinajstić information content (AvgIpc) is 2.40. The summed E-state index contributed by atoms with van der Waals surface area (Å²) in [4.78, 5) is 2.41. The number of nitrogens with one attached hydrogen (secondary N) is 1. The van der Waals surface area contributed by atoms with Crippen molar-refractivity contribution < 1.29 is 5.11 Å². The maximum atomic E-state index is 9.77. The number of likely N-dealkylation sites (tertiary alicyclic amines) is 1. The van der Waals surface area contributed by atoms with Crippen molar-refractivity contribution in [2.75, 3.05) is 26.7 Å². The van der Waals surface area contributed by atoms with E-state index in [2.05, 4.69) is 30.3 Å². The lowest BCUT2D eigenvalue weighted by atomic mass is 9.94. The van der Waals surface area contributed by atoms with Gasteiger partial charge in [0.25, 0.3) is 0 Å². The van der Waals surface area contributed by atoms with Crippen LogP contribution in [0.2, 0.25) is 0 Å². The largest absolute Gasteiger partial charge is 0.508 e. The SMILES string of the molecule is Cc1ccc(O)c(CNCCC2CCN(C)CC2)c1. The van der Waals surface area contributed by atoms with Gasteiger partial charge in [0.2, 0.25) is 0 Å². The van der Waals surface area contributed by atoms with Crippen LogP contribution in [0, 0.1) is 12.8 Å². The van der Waals surface area contributed by atoms with E-state index < -0.39 is 0 Å². The minimum atomic E-state index is 0.400. The van der Waals surface area contributed by atoms with Crippen LogP contribution in [0.3, 0.4) is 0 Å². The van der Waals surface area contributed by atoms with Gasteiger partial charge >= 0.3 is 0 Å². The molecule has 0 saturated carbocycles. The van der Waals surface area contributed by atoms with Crippen LogP contribution in [0.15, 0.2) is 18.2 Å². The maximum Gasteiger partial charge on any atom is 0.120 e. The summed E-state index contributed by atoms with van der Waals surface area (Å²) in [7, 11) is 2.20. The summed E-state index contributed by atoms with van der Waals surface area (Å²) in [6.07, 6.45) is 3.90. The van der Waals surface area contributed by atoms with Crippen LogP contribution in [-0.4, -0.2) is 36.7 Å². The quantitative estimate of drug-likeness (QED) is 0.800. The van der Waals surface area contributed by atoms with E-state index in [0.717, 1.165) is 24.6 Å². The summed E-state index contributed by atoms with van der Waals surface area (Å²) in [5, 5.41) is 13.2. The molecule has 1 aliphatic heterocycles. The van der Waals surface area contributed by atoms with E-state index in [9.17, 15) is 5.11 Å². The Morgan fingerprint density at radius 2 is 2.05 bits per heavy atom. The second-order valence-electron chi connectivity index (χ2n) is 5.84. The number of benzene rings is 1. The zero-order chi connectivity index (χ0) is 13.7. The molecule has 0 aromatic heterocycles. The second kappa shape index (κ2) is 6.92. The predicted octanol–water partition coefficient (Wildman–Crippen LogP) is 2.52. The van der Waals surface area contributed by atoms with Gasteiger partial charge in [-0.1, -0.05) is 17.7 Å². The Bertz CT molecular complexity index is 398. The Morgan fingerprint density at radius 1 is 1.32 bits per heavy atom. The van der Waals surface area contributed by atoms with E-state index in [4.69, 9.17) is 0 Å². The first-order valence-electron chi connectivity index (χ1n) is 7.33. The lowest BCUT2D eigenvalue weighted by Gasteiger charge is -2.28. The lowest BCUT2D eigenvalue weighted by molar-refractivity contribution is 0.211. The molecule has 0 spiro atoms. The Kier molecular flexibility index (Phi) is 5.23. The van der Waals surface area contributed by atoms with Crippen LogP contribution < -0.4 is 5.32 Å². The molecule has 1 aromatic rings. The van der Waals surface area contributed by atoms with Gasteiger partial charge in [0, 0.05) is 12.1 Å². The van der Waals surface area contributed by atoms with Gasteiger partial charge in [-0.15, -0.1) is 0 Å². The van der Waals surface area contributed by atoms with Crippen molar-refractivity contribution in [3.8, 4) is 5.75 Å². The molecule has 0 unspecified atom stereocenters. The van der Waals surface area contributed by atoms with Gasteiger partial charge < -0.3 is 15.3 Å². The Balaban J connectivity index is 1.68. The molecule has 1 aromatic carbocycles. The normalized spacial score (nSPS) is 17.8. The molecule has 2 N–H and O–H groups in total. The van der Waals surface area contributed by atoms with Gasteiger partial charge in [-0.05, 0) is 64.9 Å². The summed E-state index contributed by atoms with van der Waals surface area (Å²) in [5.41, 5.74) is 2.20. The van der Waals surface area contributed by atoms with Crippen molar-refractivity contribution in [1.29, 1.82) is 0 Å². The molecule has 0 atom stereocenters. The molecule has 0 aliphatic carbocycles. The van der Waals surface area contributed by atoms with Crippen molar-refractivity contribution in [3.05, 3.63) is 29.3 Å². The summed E-state index contributed by atoms with van der Waals surface area (Å²) in [6, 6.07) is 5.78. The number of piperidine rings is 1. The summed E-state index contributed by atoms with van der Waals surface area (Å²) in [5.74, 6) is 1.27. The van der Waals surface area contributed by atoms with Crippen LogP contribution in [-0.2, 0) is 6.54 Å². The van der Waals surface area contributed by atoms with Gasteiger partial charge in [0.05, 0.1) is 0 Å². The van der Waals surface area contributed by atoms with Crippen LogP contribution in [0.4, 0.5) is 0 Å². The summed E-state index contributed by atoms with van der Waals surface area (Å²) in [6.45, 7) is 6.34. The zero-order valence-electron chi connectivity index (χ0n) is 12.2. The smallest absolute Gasteiger partial charge is 0.120 e. The van der Waals surface area contributed by atoms with Crippen molar-refractivity contribution >= 4 is 0 Å². The maximum absolute atomic E-state index is 9.77. The molecule has 1 heterocycles. The highest BCUT2D eigenvalue weighted by atomic mass is 16.3. The highest BCUT2D eigenvalue weighted by Gasteiger charge is 2.15. The average molecular weight is 262 g/mol. The number of phenols is 1. The van der Waals surface area contributed by atoms with E-state index in [0.29, 0.717) is 5.75 Å². The number of hydrogen-bond donors (Lipinski definition) is 2. The van der Waals surface area contributed by atoms with Crippen LogP contribution in [0.25, 0.3) is 0 Å². The van der Waals surface area contributed by atoms with Crippen molar-refractivity contribution in [1.82, 2.24) is 10.2 Å². The number of rotatable bonds is 5. The van der Waals surface area contributed by atoms with Crippen LogP contribution >= 0.6 is 0 Å². The van der Waals surface area contributed by atoms with E-state index >= 15 is 0 Å². The highest BCUT2D eigenvalue weighted by Crippen LogP contribution is 2.20. The van der Waals surface area contributed by atoms with E-state index in [1.165, 1.54) is 37.9 Å². The molecule has 3 heteroatoms. The first-order valence-corrected chi connectivity index (χ1v) is 7.33. The number of hydrogen-bond acceptors (Lipinski definition) is 3. The number of nitrogens with zero attached hydrogens (tertiary/aromatic N) is 1. The highest BCUT2D eigenvalue weighted by molar-refractivity contribution is 5.35. The fourth-order valence-corrected chi connectivity index (χ4v) is 2.74. The topological polar surface area (TPSA) is 35.5 Å². The molecular formula is C16H26N2O. The first kappa shape index (κ1) is 14.4. The molecule has 1 saturated heterocycles. The summed E-state index contributed by atoms with van der Waals surface area (Å²) >= 11 is 0. The van der Waals surface area contributed by atoms with E-state index in [1.807, 2.05) is 6.07 Å². The molecule has 1 aliphatic rings. The third-order valence-corrected chi connectivity index (χ3v) is 4.12. The molecule has 0 radical (unpaired) electrons. The Hall–Kier alpha value is -1.06. The van der Waals surface area contributed by atoms with Gasteiger partial charge in [-0.3, -0.25) is 0 Å². The third kappa shape index (κ3) is 4.51. The fraction of sp³-hybridized carbons (Fsp3) is 0.625. The van der Waals surface area contributed by atoms with Gasteiger partial charge in [-0.2, -0.15) is 0 Å². The van der Waals surface area contributed by atoms with Crippen LogP contribution in [0.5, 0.6) is 5.75 Å². The molecule has 3 nitrogen and oxygen atoms in total. The molecule has 19 heavy (non-hydrogen) atoms. The molecule has 0 bridgehead atoms. The Morgan fingerprint density at radius 3 is 2.79 bits per heavy atom. The first-order chi connectivity index (χ1) is 9.15. The van der Waals surface area contributed by atoms with Crippen molar-refractivity contribution in [3.63, 3.8) is 0 Å². The molecule has 1 fully saturated rings. The van der Waals surface area contributed by atoms with Crippen LogP contribution in [0.1, 0.15) is 30.4 Å². The third-order valence-electron chi connectivity index (χ3n) is 4.12. The number of aromatic hydroxyl groups is 1. The van der Waals surface area contributed by atoms with Crippen molar-refractivity contribution in [2.24, 2.45) is 5.92 Å². The number of aryl methyl sites for hydroxylation is 1. The Labute approximate surface area is 116 Å². The lowest BCUT2D eigenvalue weighted by Crippen LogP contribution is -2.31. The second-order valence-corrected chi connectivity index (χ2v) is 5.84. The van der Waals surface area contributed by atoms with Gasteiger partial charge in [-0.25, -0.2) is 0 Å². The number of phenolic OH excluding ortho intramolecular Hbond substituents is 1. The molecule has 0 amide bonds. The van der Waals surface area contributed by atoms with E-state index in [1.54, 1.807) is 6.07 Å². The van der Waals surface area contributed by atoms with Gasteiger partial charge in [0.1, 0.15) is 5.75 Å². The van der Waals surface area contributed by atoms with E-state index in [-0.39, 0.29) is 0 Å². The van der Waals surface area contributed by atoms with Crippen molar-refractivity contribution in [2.45, 2.75) is 32.7 Å². The van der Waals surface area contributed by atoms with Gasteiger partial charge in [0.15, 0.2) is 0 Å². The monoisotopic (exact) mass is 262 g/mol. The summed E-state index contributed by atoms with van der Waals surface area (Å²) < 4.78 is 0. The minimum absolute atomic E-state index is 0.400.